The maximum absolute atomic E-state index is 12.0. The van der Waals surface area contributed by atoms with Crippen LogP contribution in [0.2, 0.25) is 0 Å². The Labute approximate surface area is 111 Å². The van der Waals surface area contributed by atoms with Crippen molar-refractivity contribution < 1.29 is 14.3 Å². The lowest BCUT2D eigenvalue weighted by Crippen LogP contribution is -2.51. The first-order valence-corrected chi connectivity index (χ1v) is 6.51. The number of carbonyl (C=O) groups is 2. The Bertz CT molecular complexity index is 380. The summed E-state index contributed by atoms with van der Waals surface area (Å²) >= 11 is 4.61. The van der Waals surface area contributed by atoms with Crippen LogP contribution in [-0.2, 0) is 14.3 Å². The molecule has 4 N–H and O–H groups in total. The van der Waals surface area contributed by atoms with Gasteiger partial charge in [-0.2, -0.15) is 0 Å². The van der Waals surface area contributed by atoms with Gasteiger partial charge < -0.3 is 10.5 Å². The SMILES string of the molecule is NC(=S)NNC(=O)[C@@H]1CC(=O)OC12CCCCC2. The van der Waals surface area contributed by atoms with Crippen LogP contribution < -0.4 is 16.6 Å². The van der Waals surface area contributed by atoms with Gasteiger partial charge in [0.25, 0.3) is 0 Å². The molecule has 1 amide bonds. The van der Waals surface area contributed by atoms with Crippen molar-refractivity contribution in [2.24, 2.45) is 11.7 Å². The quantitative estimate of drug-likeness (QED) is 0.356. The molecule has 2 rings (SSSR count). The van der Waals surface area contributed by atoms with Gasteiger partial charge in [0, 0.05) is 0 Å². The molecule has 0 aromatic rings. The lowest BCUT2D eigenvalue weighted by Gasteiger charge is -2.35. The van der Waals surface area contributed by atoms with E-state index in [-0.39, 0.29) is 23.4 Å². The van der Waals surface area contributed by atoms with Crippen LogP contribution in [-0.4, -0.2) is 22.6 Å². The zero-order valence-electron chi connectivity index (χ0n) is 10.0. The molecule has 0 radical (unpaired) electrons. The van der Waals surface area contributed by atoms with E-state index in [1.165, 1.54) is 0 Å². The molecule has 1 saturated carbocycles. The molecule has 0 unspecified atom stereocenters. The summed E-state index contributed by atoms with van der Waals surface area (Å²) in [6.07, 6.45) is 4.73. The predicted octanol–water partition coefficient (Wildman–Crippen LogP) is 0.117. The molecule has 7 heteroatoms. The number of thiocarbonyl (C=S) groups is 1. The third-order valence-electron chi connectivity index (χ3n) is 3.65. The number of carbonyl (C=O) groups excluding carboxylic acids is 2. The highest BCUT2D eigenvalue weighted by Crippen LogP contribution is 2.44. The second-order valence-corrected chi connectivity index (χ2v) is 5.27. The lowest BCUT2D eigenvalue weighted by molar-refractivity contribution is -0.153. The fraction of sp³-hybridized carbons (Fsp3) is 0.727. The van der Waals surface area contributed by atoms with E-state index in [4.69, 9.17) is 10.5 Å². The fourth-order valence-corrected chi connectivity index (χ4v) is 2.89. The van der Waals surface area contributed by atoms with Crippen LogP contribution in [0.5, 0.6) is 0 Å². The second kappa shape index (κ2) is 5.09. The maximum Gasteiger partial charge on any atom is 0.307 e. The van der Waals surface area contributed by atoms with E-state index in [0.717, 1.165) is 32.1 Å². The third kappa shape index (κ3) is 2.55. The summed E-state index contributed by atoms with van der Waals surface area (Å²) in [4.78, 5) is 23.5. The maximum atomic E-state index is 12.0. The topological polar surface area (TPSA) is 93.5 Å². The summed E-state index contributed by atoms with van der Waals surface area (Å²) in [6, 6.07) is 0. The van der Waals surface area contributed by atoms with Crippen molar-refractivity contribution in [3.63, 3.8) is 0 Å². The predicted molar refractivity (Wildman–Crippen MR) is 68.1 cm³/mol. The Morgan fingerprint density at radius 2 is 2.00 bits per heavy atom. The van der Waals surface area contributed by atoms with Crippen LogP contribution in [0.15, 0.2) is 0 Å². The minimum Gasteiger partial charge on any atom is -0.458 e. The summed E-state index contributed by atoms with van der Waals surface area (Å²) in [5, 5.41) is -0.00807. The molecule has 2 aliphatic rings. The van der Waals surface area contributed by atoms with Crippen molar-refractivity contribution in [3.05, 3.63) is 0 Å². The molecule has 1 aliphatic carbocycles. The van der Waals surface area contributed by atoms with Crippen LogP contribution in [0.25, 0.3) is 0 Å². The molecule has 6 nitrogen and oxygen atoms in total. The van der Waals surface area contributed by atoms with Crippen LogP contribution in [0.4, 0.5) is 0 Å². The Hall–Kier alpha value is -1.37. The van der Waals surface area contributed by atoms with E-state index in [1.807, 2.05) is 0 Å². The van der Waals surface area contributed by atoms with Crippen LogP contribution in [0.3, 0.4) is 0 Å². The number of nitrogens with two attached hydrogens (primary N) is 1. The first-order valence-electron chi connectivity index (χ1n) is 6.11. The third-order valence-corrected chi connectivity index (χ3v) is 3.75. The summed E-state index contributed by atoms with van der Waals surface area (Å²) in [7, 11) is 0. The van der Waals surface area contributed by atoms with Crippen molar-refractivity contribution in [1.82, 2.24) is 10.9 Å². The number of rotatable bonds is 1. The Kier molecular flexibility index (Phi) is 3.70. The highest BCUT2D eigenvalue weighted by atomic mass is 32.1. The number of ether oxygens (including phenoxy) is 1. The van der Waals surface area contributed by atoms with Crippen LogP contribution in [0, 0.1) is 5.92 Å². The van der Waals surface area contributed by atoms with E-state index in [0.29, 0.717) is 0 Å². The molecular formula is C11H17N3O3S. The van der Waals surface area contributed by atoms with Crippen molar-refractivity contribution in [3.8, 4) is 0 Å². The molecule has 1 saturated heterocycles. The monoisotopic (exact) mass is 271 g/mol. The standard InChI is InChI=1S/C11H17N3O3S/c12-10(18)14-13-9(16)7-6-8(15)17-11(7)4-2-1-3-5-11/h7H,1-6H2,(H,13,16)(H3,12,14,18)/t7-/m0/s1. The normalized spacial score (nSPS) is 25.6. The van der Waals surface area contributed by atoms with E-state index in [9.17, 15) is 9.59 Å². The number of hydrogen-bond donors (Lipinski definition) is 3. The molecule has 0 bridgehead atoms. The van der Waals surface area contributed by atoms with Gasteiger partial charge in [-0.25, -0.2) is 0 Å². The zero-order valence-corrected chi connectivity index (χ0v) is 10.8. The molecule has 1 atom stereocenters. The summed E-state index contributed by atoms with van der Waals surface area (Å²) in [5.74, 6) is -1.03. The van der Waals surface area contributed by atoms with Crippen LogP contribution >= 0.6 is 12.2 Å². The van der Waals surface area contributed by atoms with Gasteiger partial charge in [-0.15, -0.1) is 0 Å². The average Bonchev–Trinajstić information content (AvgIpc) is 2.64. The molecule has 18 heavy (non-hydrogen) atoms. The highest BCUT2D eigenvalue weighted by Gasteiger charge is 2.52. The summed E-state index contributed by atoms with van der Waals surface area (Å²) < 4.78 is 5.44. The van der Waals surface area contributed by atoms with Gasteiger partial charge in [-0.3, -0.25) is 20.4 Å². The van der Waals surface area contributed by atoms with Gasteiger partial charge >= 0.3 is 5.97 Å². The van der Waals surface area contributed by atoms with Gasteiger partial charge in [0.05, 0.1) is 12.3 Å². The number of nitrogens with one attached hydrogen (secondary N) is 2. The molecule has 100 valence electrons. The molecule has 1 heterocycles. The van der Waals surface area contributed by atoms with Gasteiger partial charge in [0.15, 0.2) is 5.11 Å². The van der Waals surface area contributed by atoms with E-state index in [2.05, 4.69) is 23.1 Å². The lowest BCUT2D eigenvalue weighted by atomic mass is 9.75. The van der Waals surface area contributed by atoms with Gasteiger partial charge in [0.1, 0.15) is 5.60 Å². The van der Waals surface area contributed by atoms with Crippen molar-refractivity contribution in [2.75, 3.05) is 0 Å². The number of amides is 1. The van der Waals surface area contributed by atoms with E-state index in [1.54, 1.807) is 0 Å². The second-order valence-electron chi connectivity index (χ2n) is 4.83. The first-order chi connectivity index (χ1) is 8.53. The number of esters is 1. The Balaban J connectivity index is 2.06. The number of hydrogen-bond acceptors (Lipinski definition) is 4. The zero-order chi connectivity index (χ0) is 13.2. The van der Waals surface area contributed by atoms with Gasteiger partial charge in [-0.1, -0.05) is 6.42 Å². The first kappa shape index (κ1) is 13.1. The van der Waals surface area contributed by atoms with E-state index >= 15 is 0 Å². The summed E-state index contributed by atoms with van der Waals surface area (Å²) in [5.41, 5.74) is 9.46. The van der Waals surface area contributed by atoms with Gasteiger partial charge in [-0.05, 0) is 37.9 Å². The molecule has 2 fully saturated rings. The average molecular weight is 271 g/mol. The smallest absolute Gasteiger partial charge is 0.307 e. The van der Waals surface area contributed by atoms with Crippen LogP contribution in [0.1, 0.15) is 38.5 Å². The minimum atomic E-state index is -0.614. The Morgan fingerprint density at radius 1 is 1.33 bits per heavy atom. The minimum absolute atomic E-state index is 0.00807. The van der Waals surface area contributed by atoms with Crippen molar-refractivity contribution >= 4 is 29.2 Å². The van der Waals surface area contributed by atoms with Crippen molar-refractivity contribution in [2.45, 2.75) is 44.1 Å². The van der Waals surface area contributed by atoms with E-state index < -0.39 is 11.5 Å². The molecule has 1 aliphatic heterocycles. The molecular weight excluding hydrogens is 254 g/mol. The fourth-order valence-electron chi connectivity index (χ4n) is 2.83. The molecule has 0 aromatic carbocycles. The summed E-state index contributed by atoms with van der Waals surface area (Å²) in [6.45, 7) is 0. The number of hydrazine groups is 1. The molecule has 0 aromatic heterocycles. The Morgan fingerprint density at radius 3 is 2.61 bits per heavy atom. The van der Waals surface area contributed by atoms with Crippen molar-refractivity contribution in [1.29, 1.82) is 0 Å². The molecule has 1 spiro atoms. The largest absolute Gasteiger partial charge is 0.458 e. The highest BCUT2D eigenvalue weighted by molar-refractivity contribution is 7.80. The van der Waals surface area contributed by atoms with Gasteiger partial charge in [0.2, 0.25) is 5.91 Å².